The van der Waals surface area contributed by atoms with Gasteiger partial charge in [0.15, 0.2) is 0 Å². The first-order valence-corrected chi connectivity index (χ1v) is 21.8. The van der Waals surface area contributed by atoms with Crippen LogP contribution in [0.5, 0.6) is 0 Å². The van der Waals surface area contributed by atoms with E-state index < -0.39 is 22.9 Å². The van der Waals surface area contributed by atoms with E-state index in [9.17, 15) is 28.8 Å². The van der Waals surface area contributed by atoms with Crippen molar-refractivity contribution in [2.45, 2.75) is 150 Å². The highest BCUT2D eigenvalue weighted by Gasteiger charge is 2.34. The lowest BCUT2D eigenvalue weighted by Crippen LogP contribution is -2.41. The van der Waals surface area contributed by atoms with E-state index in [0.717, 1.165) is 45.3 Å². The lowest BCUT2D eigenvalue weighted by molar-refractivity contribution is 0.0273. The molecule has 4 fully saturated rings. The highest BCUT2D eigenvalue weighted by Crippen LogP contribution is 2.19. The van der Waals surface area contributed by atoms with Crippen LogP contribution >= 0.6 is 0 Å². The van der Waals surface area contributed by atoms with Crippen LogP contribution in [-0.2, 0) is 28.4 Å². The van der Waals surface area contributed by atoms with Crippen LogP contribution in [0.25, 0.3) is 0 Å². The second-order valence-corrected chi connectivity index (χ2v) is 18.4. The molecule has 0 bridgehead atoms. The third kappa shape index (κ3) is 22.6. The summed E-state index contributed by atoms with van der Waals surface area (Å²) >= 11 is 0. The Morgan fingerprint density at radius 2 is 1.02 bits per heavy atom. The van der Waals surface area contributed by atoms with Gasteiger partial charge in [-0.1, -0.05) is 0 Å². The van der Waals surface area contributed by atoms with Crippen LogP contribution in [0.15, 0.2) is 0 Å². The van der Waals surface area contributed by atoms with E-state index in [1.807, 2.05) is 69.2 Å². The Balaban J connectivity index is 0.000000420. The van der Waals surface area contributed by atoms with Crippen molar-refractivity contribution in [1.29, 1.82) is 0 Å². The van der Waals surface area contributed by atoms with Crippen LogP contribution < -0.4 is 16.4 Å². The molecule has 0 saturated carbocycles. The summed E-state index contributed by atoms with van der Waals surface area (Å²) in [4.78, 5) is 77.3. The molecule has 0 radical (unpaired) electrons. The van der Waals surface area contributed by atoms with E-state index in [1.54, 1.807) is 52.4 Å². The van der Waals surface area contributed by atoms with Gasteiger partial charge in [-0.3, -0.25) is 0 Å². The topological polar surface area (TPSA) is 224 Å². The number of nitrogens with two attached hydrogens (primary N) is 1. The second kappa shape index (κ2) is 26.2. The molecule has 0 spiro atoms. The van der Waals surface area contributed by atoms with Gasteiger partial charge in [0.2, 0.25) is 0 Å². The van der Waals surface area contributed by atoms with Gasteiger partial charge < -0.3 is 69.3 Å². The van der Waals surface area contributed by atoms with Gasteiger partial charge in [0.1, 0.15) is 16.8 Å². The monoisotopic (exact) mass is 889 g/mol. The number of amides is 6. The summed E-state index contributed by atoms with van der Waals surface area (Å²) in [6, 6.07) is 0.361. The number of carbonyl (C=O) groups excluding carboxylic acids is 6. The van der Waals surface area contributed by atoms with Crippen molar-refractivity contribution in [2.75, 3.05) is 86.3 Å². The molecule has 20 nitrogen and oxygen atoms in total. The molecular weight excluding hydrogens is 809 g/mol. The Labute approximate surface area is 370 Å². The highest BCUT2D eigenvalue weighted by molar-refractivity contribution is 5.71. The Hall–Kier alpha value is -4.46. The van der Waals surface area contributed by atoms with Gasteiger partial charge in [-0.05, 0) is 115 Å². The number of likely N-dealkylation sites (N-methyl/N-ethyl adjacent to an activating group) is 2. The molecule has 4 aliphatic rings. The maximum Gasteiger partial charge on any atom is 0.410 e. The van der Waals surface area contributed by atoms with Crippen molar-refractivity contribution in [3.05, 3.63) is 0 Å². The molecule has 4 atom stereocenters. The van der Waals surface area contributed by atoms with Crippen LogP contribution in [0.4, 0.5) is 28.8 Å². The maximum atomic E-state index is 11.9. The normalized spacial score (nSPS) is 20.8. The first-order chi connectivity index (χ1) is 28.7. The molecule has 0 aromatic carbocycles. The molecule has 0 aromatic rings. The van der Waals surface area contributed by atoms with Crippen LogP contribution in [-0.4, -0.2) is 188 Å². The van der Waals surface area contributed by atoms with E-state index in [2.05, 4.69) is 10.6 Å². The molecular formula is C42H80N8O12. The standard InChI is InChI=1S/C13H24N2O4.C12H22N2O4.C9H18N2O2.C8H16N2O2/c1-6-18-11(16)14(5)10-7-8-15(9-10)12(17)19-13(2,3)4;1-5-17-10(15)13-9-6-7-14(8-9)11(16)18-12(2,3)4;1-9(2,3)13-8(12)11-5-4-7(10)6-11;1-3-12-8(11)10(2)7-4-5-9-6-7/h10H,6-9H2,1-5H3;9H,5-8H2,1-4H3,(H,13,15);7H,4-6,10H2,1-3H3;7,9H,3-6H2,1-2H3/t10-;9-;2*7-/m1111/s1. The van der Waals surface area contributed by atoms with Crippen molar-refractivity contribution in [3.63, 3.8) is 0 Å². The number of nitrogens with zero attached hydrogens (tertiary/aromatic N) is 5. The second-order valence-electron chi connectivity index (χ2n) is 18.4. The lowest BCUT2D eigenvalue weighted by atomic mass is 10.2. The quantitative estimate of drug-likeness (QED) is 0.291. The fraction of sp³-hybridized carbons (Fsp3) is 0.857. The zero-order valence-electron chi connectivity index (χ0n) is 40.1. The first-order valence-electron chi connectivity index (χ1n) is 21.8. The van der Waals surface area contributed by atoms with Gasteiger partial charge in [0.25, 0.3) is 0 Å². The lowest BCUT2D eigenvalue weighted by Gasteiger charge is -2.26. The van der Waals surface area contributed by atoms with Crippen molar-refractivity contribution < 1.29 is 57.2 Å². The van der Waals surface area contributed by atoms with Crippen molar-refractivity contribution in [3.8, 4) is 0 Å². The summed E-state index contributed by atoms with van der Waals surface area (Å²) in [5.41, 5.74) is 4.27. The van der Waals surface area contributed by atoms with Crippen LogP contribution in [0, 0.1) is 0 Å². The fourth-order valence-corrected chi connectivity index (χ4v) is 6.26. The predicted octanol–water partition coefficient (Wildman–Crippen LogP) is 5.22. The summed E-state index contributed by atoms with van der Waals surface area (Å²) in [5.74, 6) is 0. The third-order valence-corrected chi connectivity index (χ3v) is 9.37. The van der Waals surface area contributed by atoms with E-state index in [4.69, 9.17) is 34.2 Å². The highest BCUT2D eigenvalue weighted by atomic mass is 16.6. The summed E-state index contributed by atoms with van der Waals surface area (Å²) in [6.07, 6.45) is 1.45. The fourth-order valence-electron chi connectivity index (χ4n) is 6.26. The molecule has 0 aliphatic carbocycles. The number of ether oxygens (including phenoxy) is 6. The molecule has 360 valence electrons. The van der Waals surface area contributed by atoms with Crippen molar-refractivity contribution >= 4 is 36.6 Å². The van der Waals surface area contributed by atoms with Crippen LogP contribution in [0.3, 0.4) is 0 Å². The number of nitrogens with one attached hydrogen (secondary N) is 2. The number of alkyl carbamates (subject to hydrolysis) is 1. The molecule has 62 heavy (non-hydrogen) atoms. The molecule has 0 unspecified atom stereocenters. The average Bonchev–Trinajstić information content (AvgIpc) is 3.99. The molecule has 0 aromatic heterocycles. The van der Waals surface area contributed by atoms with E-state index in [1.165, 1.54) is 0 Å². The number of hydrogen-bond donors (Lipinski definition) is 3. The zero-order chi connectivity index (χ0) is 47.4. The molecule has 20 heteroatoms. The van der Waals surface area contributed by atoms with Gasteiger partial charge >= 0.3 is 36.6 Å². The molecule has 6 amide bonds. The zero-order valence-corrected chi connectivity index (χ0v) is 40.1. The van der Waals surface area contributed by atoms with Gasteiger partial charge in [-0.25, -0.2) is 28.8 Å². The van der Waals surface area contributed by atoms with Crippen LogP contribution in [0.1, 0.15) is 109 Å². The Kier molecular flexibility index (Phi) is 23.5. The van der Waals surface area contributed by atoms with Gasteiger partial charge in [-0.15, -0.1) is 0 Å². The molecule has 4 rings (SSSR count). The number of hydrogen-bond acceptors (Lipinski definition) is 14. The van der Waals surface area contributed by atoms with E-state index >= 15 is 0 Å². The van der Waals surface area contributed by atoms with Crippen LogP contribution in [0.2, 0.25) is 0 Å². The smallest absolute Gasteiger partial charge is 0.410 e. The molecule has 4 heterocycles. The van der Waals surface area contributed by atoms with Crippen molar-refractivity contribution in [2.24, 2.45) is 5.73 Å². The number of rotatable bonds is 6. The largest absolute Gasteiger partial charge is 0.450 e. The summed E-state index contributed by atoms with van der Waals surface area (Å²) in [6.45, 7) is 28.4. The Morgan fingerprint density at radius 3 is 1.42 bits per heavy atom. The average molecular weight is 889 g/mol. The predicted molar refractivity (Wildman–Crippen MR) is 234 cm³/mol. The first kappa shape index (κ1) is 55.6. The van der Waals surface area contributed by atoms with E-state index in [0.29, 0.717) is 58.6 Å². The minimum atomic E-state index is -0.498. The van der Waals surface area contributed by atoms with Gasteiger partial charge in [0, 0.05) is 72.0 Å². The van der Waals surface area contributed by atoms with Gasteiger partial charge in [0.05, 0.1) is 31.9 Å². The number of likely N-dealkylation sites (tertiary alicyclic amines) is 3. The number of carbonyl (C=O) groups is 6. The van der Waals surface area contributed by atoms with Gasteiger partial charge in [-0.2, -0.15) is 0 Å². The Morgan fingerprint density at radius 1 is 0.597 bits per heavy atom. The summed E-state index contributed by atoms with van der Waals surface area (Å²) in [5, 5.41) is 5.92. The minimum absolute atomic E-state index is 0.00781. The summed E-state index contributed by atoms with van der Waals surface area (Å²) in [7, 11) is 3.48. The molecule has 4 N–H and O–H groups in total. The minimum Gasteiger partial charge on any atom is -0.450 e. The Bertz CT molecular complexity index is 1410. The maximum absolute atomic E-state index is 11.9. The third-order valence-electron chi connectivity index (χ3n) is 9.37. The molecule has 4 saturated heterocycles. The van der Waals surface area contributed by atoms with E-state index in [-0.39, 0.29) is 48.6 Å². The SMILES string of the molecule is CC(C)(C)OC(=O)N1CC[C@@H](N)C1.CCOC(=O)N(C)[C@@H]1CCN(C(=O)OC(C)(C)C)C1.CCOC(=O)N(C)[C@@H]1CCNC1.CCOC(=O)N[C@@H]1CCN(C(=O)OC(C)(C)C)C1. The summed E-state index contributed by atoms with van der Waals surface area (Å²) < 4.78 is 30.4. The van der Waals surface area contributed by atoms with Crippen molar-refractivity contribution in [1.82, 2.24) is 35.1 Å². The molecule has 4 aliphatic heterocycles.